The van der Waals surface area contributed by atoms with Gasteiger partial charge in [-0.15, -0.1) is 0 Å². The average molecular weight is 380 g/mol. The molecule has 0 aliphatic carbocycles. The van der Waals surface area contributed by atoms with Gasteiger partial charge in [0, 0.05) is 43.1 Å². The van der Waals surface area contributed by atoms with Crippen molar-refractivity contribution in [2.24, 2.45) is 5.73 Å². The van der Waals surface area contributed by atoms with Gasteiger partial charge in [-0.2, -0.15) is 0 Å². The summed E-state index contributed by atoms with van der Waals surface area (Å²) in [6.07, 6.45) is 2.65. The summed E-state index contributed by atoms with van der Waals surface area (Å²) in [4.78, 5) is 2.49. The minimum Gasteiger partial charge on any atom is -0.492 e. The fraction of sp³-hybridized carbons (Fsp3) is 0.478. The summed E-state index contributed by atoms with van der Waals surface area (Å²) in [5.41, 5.74) is 9.61. The molecule has 1 saturated heterocycles. The van der Waals surface area contributed by atoms with Crippen molar-refractivity contribution in [2.75, 3.05) is 37.8 Å². The van der Waals surface area contributed by atoms with Gasteiger partial charge in [0.2, 0.25) is 0 Å². The standard InChI is InChI=1S/C23H28N2O3/c1-16(24)13-27-17-8-9-20-22(11-17)28-15-23(20)14-25(12-18-5-4-10-26-18)21-7-3-2-6-19(21)23/h2-3,6-9,11,16,18H,4-5,10,12-15,24H2,1H3/t16?,18-,23?/m1/s1. The van der Waals surface area contributed by atoms with Crippen LogP contribution in [0.25, 0.3) is 0 Å². The van der Waals surface area contributed by atoms with E-state index in [1.165, 1.54) is 23.2 Å². The molecule has 0 amide bonds. The van der Waals surface area contributed by atoms with E-state index in [2.05, 4.69) is 35.2 Å². The summed E-state index contributed by atoms with van der Waals surface area (Å²) in [5, 5.41) is 0. The molecule has 1 spiro atoms. The number of rotatable bonds is 5. The molecule has 5 nitrogen and oxygen atoms in total. The van der Waals surface area contributed by atoms with E-state index in [4.69, 9.17) is 19.9 Å². The number of para-hydroxylation sites is 1. The highest BCUT2D eigenvalue weighted by molar-refractivity contribution is 5.69. The van der Waals surface area contributed by atoms with Gasteiger partial charge in [0.25, 0.3) is 0 Å². The van der Waals surface area contributed by atoms with Crippen molar-refractivity contribution in [3.63, 3.8) is 0 Å². The molecule has 0 bridgehead atoms. The van der Waals surface area contributed by atoms with Crippen LogP contribution in [0.2, 0.25) is 0 Å². The molecule has 0 aromatic heterocycles. The zero-order valence-electron chi connectivity index (χ0n) is 16.4. The number of anilines is 1. The van der Waals surface area contributed by atoms with Crippen molar-refractivity contribution >= 4 is 5.69 Å². The third-order valence-corrected chi connectivity index (χ3v) is 6.12. The van der Waals surface area contributed by atoms with Crippen molar-refractivity contribution in [2.45, 2.75) is 37.3 Å². The highest BCUT2D eigenvalue weighted by atomic mass is 16.5. The van der Waals surface area contributed by atoms with Crippen LogP contribution in [0.15, 0.2) is 42.5 Å². The summed E-state index contributed by atoms with van der Waals surface area (Å²) >= 11 is 0. The second kappa shape index (κ2) is 6.98. The highest BCUT2D eigenvalue weighted by Crippen LogP contribution is 2.52. The molecule has 5 rings (SSSR count). The molecule has 2 N–H and O–H groups in total. The fourth-order valence-electron chi connectivity index (χ4n) is 4.81. The van der Waals surface area contributed by atoms with Crippen molar-refractivity contribution in [1.29, 1.82) is 0 Å². The molecular formula is C23H28N2O3. The Bertz CT molecular complexity index is 863. The van der Waals surface area contributed by atoms with Gasteiger partial charge in [0.15, 0.2) is 0 Å². The molecule has 3 atom stereocenters. The molecular weight excluding hydrogens is 352 g/mol. The molecule has 28 heavy (non-hydrogen) atoms. The first-order chi connectivity index (χ1) is 13.7. The van der Waals surface area contributed by atoms with Gasteiger partial charge in [-0.05, 0) is 37.5 Å². The monoisotopic (exact) mass is 380 g/mol. The minimum absolute atomic E-state index is 0.00795. The lowest BCUT2D eigenvalue weighted by atomic mass is 9.78. The van der Waals surface area contributed by atoms with Crippen LogP contribution in [0.5, 0.6) is 11.5 Å². The number of benzene rings is 2. The zero-order chi connectivity index (χ0) is 19.1. The predicted molar refractivity (Wildman–Crippen MR) is 109 cm³/mol. The Hall–Kier alpha value is -2.24. The Morgan fingerprint density at radius 1 is 1.25 bits per heavy atom. The minimum atomic E-state index is -0.121. The third-order valence-electron chi connectivity index (χ3n) is 6.12. The van der Waals surface area contributed by atoms with E-state index in [1.807, 2.05) is 19.1 Å². The van der Waals surface area contributed by atoms with Crippen molar-refractivity contribution < 1.29 is 14.2 Å². The molecule has 3 heterocycles. The van der Waals surface area contributed by atoms with E-state index < -0.39 is 0 Å². The number of hydrogen-bond acceptors (Lipinski definition) is 5. The van der Waals surface area contributed by atoms with Crippen LogP contribution in [0.4, 0.5) is 5.69 Å². The molecule has 3 aliphatic heterocycles. The number of nitrogens with two attached hydrogens (primary N) is 1. The average Bonchev–Trinajstić information content (AvgIpc) is 3.41. The quantitative estimate of drug-likeness (QED) is 0.864. The summed E-state index contributed by atoms with van der Waals surface area (Å²) in [6.45, 7) is 5.88. The summed E-state index contributed by atoms with van der Waals surface area (Å²) in [6, 6.07) is 15.0. The molecule has 2 aromatic rings. The zero-order valence-corrected chi connectivity index (χ0v) is 16.4. The molecule has 2 aromatic carbocycles. The first-order valence-corrected chi connectivity index (χ1v) is 10.3. The first-order valence-electron chi connectivity index (χ1n) is 10.3. The Morgan fingerprint density at radius 2 is 2.14 bits per heavy atom. The molecule has 1 fully saturated rings. The van der Waals surface area contributed by atoms with Crippen molar-refractivity contribution in [3.8, 4) is 11.5 Å². The number of hydrogen-bond donors (Lipinski definition) is 1. The van der Waals surface area contributed by atoms with Crippen LogP contribution in [-0.4, -0.2) is 45.1 Å². The second-order valence-electron chi connectivity index (χ2n) is 8.35. The normalized spacial score (nSPS) is 26.2. The molecule has 2 unspecified atom stereocenters. The summed E-state index contributed by atoms with van der Waals surface area (Å²) in [7, 11) is 0. The summed E-state index contributed by atoms with van der Waals surface area (Å²) < 4.78 is 17.9. The lowest BCUT2D eigenvalue weighted by molar-refractivity contribution is 0.115. The van der Waals surface area contributed by atoms with E-state index in [1.54, 1.807) is 0 Å². The highest BCUT2D eigenvalue weighted by Gasteiger charge is 2.50. The Balaban J connectivity index is 1.46. The Kier molecular flexibility index (Phi) is 4.44. The maximum absolute atomic E-state index is 6.19. The SMILES string of the molecule is CC(N)COc1ccc2c(c1)OCC21CN(C[C@H]2CCCO2)c2ccccc21. The van der Waals surface area contributed by atoms with E-state index in [-0.39, 0.29) is 11.5 Å². The second-order valence-corrected chi connectivity index (χ2v) is 8.35. The summed E-state index contributed by atoms with van der Waals surface area (Å²) in [5.74, 6) is 1.74. The van der Waals surface area contributed by atoms with Crippen LogP contribution in [-0.2, 0) is 10.2 Å². The van der Waals surface area contributed by atoms with Crippen molar-refractivity contribution in [1.82, 2.24) is 0 Å². The fourth-order valence-corrected chi connectivity index (χ4v) is 4.81. The van der Waals surface area contributed by atoms with Crippen molar-refractivity contribution in [3.05, 3.63) is 53.6 Å². The predicted octanol–water partition coefficient (Wildman–Crippen LogP) is 3.09. The number of fused-ring (bicyclic) bond motifs is 4. The number of nitrogens with zero attached hydrogens (tertiary/aromatic N) is 1. The lowest BCUT2D eigenvalue weighted by Gasteiger charge is -2.26. The van der Waals surface area contributed by atoms with Gasteiger partial charge in [-0.1, -0.05) is 24.3 Å². The molecule has 3 aliphatic rings. The van der Waals surface area contributed by atoms with E-state index in [0.29, 0.717) is 19.3 Å². The van der Waals surface area contributed by atoms with E-state index in [9.17, 15) is 0 Å². The van der Waals surface area contributed by atoms with Gasteiger partial charge in [-0.25, -0.2) is 0 Å². The van der Waals surface area contributed by atoms with Gasteiger partial charge in [0.1, 0.15) is 24.7 Å². The van der Waals surface area contributed by atoms with Crippen LogP contribution >= 0.6 is 0 Å². The maximum Gasteiger partial charge on any atom is 0.127 e. The molecule has 0 saturated carbocycles. The van der Waals surface area contributed by atoms with Gasteiger partial charge < -0.3 is 24.8 Å². The number of ether oxygens (including phenoxy) is 3. The lowest BCUT2D eigenvalue weighted by Crippen LogP contribution is -2.39. The largest absolute Gasteiger partial charge is 0.492 e. The molecule has 5 heteroatoms. The molecule has 148 valence electrons. The van der Waals surface area contributed by atoms with E-state index >= 15 is 0 Å². The van der Waals surface area contributed by atoms with E-state index in [0.717, 1.165) is 37.6 Å². The first kappa shape index (κ1) is 17.8. The van der Waals surface area contributed by atoms with Gasteiger partial charge in [0.05, 0.1) is 11.5 Å². The van der Waals surface area contributed by atoms with Crippen LogP contribution in [0, 0.1) is 0 Å². The Labute approximate surface area is 166 Å². The smallest absolute Gasteiger partial charge is 0.127 e. The maximum atomic E-state index is 6.19. The Morgan fingerprint density at radius 3 is 2.96 bits per heavy atom. The van der Waals surface area contributed by atoms with Crippen LogP contribution in [0.1, 0.15) is 30.9 Å². The van der Waals surface area contributed by atoms with Gasteiger partial charge in [-0.3, -0.25) is 0 Å². The molecule has 0 radical (unpaired) electrons. The topological polar surface area (TPSA) is 57.0 Å². The van der Waals surface area contributed by atoms with Crippen LogP contribution in [0.3, 0.4) is 0 Å². The third kappa shape index (κ3) is 2.93. The van der Waals surface area contributed by atoms with Gasteiger partial charge >= 0.3 is 0 Å². The van der Waals surface area contributed by atoms with Crippen LogP contribution < -0.4 is 20.1 Å².